The van der Waals surface area contributed by atoms with Gasteiger partial charge in [-0.25, -0.2) is 13.6 Å². The Hall–Kier alpha value is -0.820. The van der Waals surface area contributed by atoms with Gasteiger partial charge in [0.25, 0.3) is 0 Å². The number of benzene rings is 1. The van der Waals surface area contributed by atoms with Gasteiger partial charge in [-0.3, -0.25) is 0 Å². The number of nitrogens with one attached hydrogen (secondary N) is 2. The third-order valence-corrected chi connectivity index (χ3v) is 4.55. The van der Waals surface area contributed by atoms with Crippen molar-refractivity contribution < 1.29 is 8.42 Å². The second-order valence-electron chi connectivity index (χ2n) is 4.76. The van der Waals surface area contributed by atoms with Gasteiger partial charge in [0.2, 0.25) is 10.0 Å². The first-order chi connectivity index (χ1) is 8.97. The molecule has 0 bridgehead atoms. The largest absolute Gasteiger partial charge is 0.384 e. The van der Waals surface area contributed by atoms with Gasteiger partial charge >= 0.3 is 0 Å². The van der Waals surface area contributed by atoms with Crippen LogP contribution in [0, 0.1) is 5.92 Å². The molecule has 0 saturated carbocycles. The molecule has 2 rings (SSSR count). The Balaban J connectivity index is 2.06. The summed E-state index contributed by atoms with van der Waals surface area (Å²) in [5.41, 5.74) is 0.617. The fourth-order valence-corrected chi connectivity index (χ4v) is 2.88. The van der Waals surface area contributed by atoms with Crippen LogP contribution in [0.1, 0.15) is 12.8 Å². The van der Waals surface area contributed by atoms with Gasteiger partial charge < -0.3 is 10.6 Å². The predicted molar refractivity (Wildman–Crippen MR) is 76.9 cm³/mol. The number of primary sulfonamides is 1. The van der Waals surface area contributed by atoms with Crippen molar-refractivity contribution in [2.24, 2.45) is 11.1 Å². The van der Waals surface area contributed by atoms with Crippen molar-refractivity contribution in [3.63, 3.8) is 0 Å². The fraction of sp³-hybridized carbons (Fsp3) is 0.500. The van der Waals surface area contributed by atoms with Crippen LogP contribution >= 0.6 is 11.6 Å². The van der Waals surface area contributed by atoms with E-state index in [1.807, 2.05) is 0 Å². The Labute approximate surface area is 118 Å². The fourth-order valence-electron chi connectivity index (χ4n) is 2.16. The zero-order valence-electron chi connectivity index (χ0n) is 10.5. The lowest BCUT2D eigenvalue weighted by Crippen LogP contribution is -2.31. The second-order valence-corrected chi connectivity index (χ2v) is 6.73. The van der Waals surface area contributed by atoms with E-state index in [1.54, 1.807) is 6.07 Å². The van der Waals surface area contributed by atoms with Gasteiger partial charge in [0.1, 0.15) is 0 Å². The lowest BCUT2D eigenvalue weighted by Gasteiger charge is -2.23. The van der Waals surface area contributed by atoms with Gasteiger partial charge in [-0.1, -0.05) is 11.6 Å². The molecule has 0 aliphatic carbocycles. The number of hydrogen-bond donors (Lipinski definition) is 3. The first kappa shape index (κ1) is 14.6. The van der Waals surface area contributed by atoms with E-state index in [9.17, 15) is 8.42 Å². The van der Waals surface area contributed by atoms with Gasteiger partial charge in [0, 0.05) is 6.54 Å². The molecule has 0 radical (unpaired) electrons. The quantitative estimate of drug-likeness (QED) is 0.785. The number of hydrogen-bond acceptors (Lipinski definition) is 4. The molecule has 1 aliphatic rings. The van der Waals surface area contributed by atoms with Gasteiger partial charge in [0.15, 0.2) is 0 Å². The summed E-state index contributed by atoms with van der Waals surface area (Å²) in [7, 11) is -3.69. The third kappa shape index (κ3) is 4.07. The Bertz CT molecular complexity index is 542. The molecular weight excluding hydrogens is 286 g/mol. The van der Waals surface area contributed by atoms with Crippen LogP contribution in [0.25, 0.3) is 0 Å². The van der Waals surface area contributed by atoms with Crippen LogP contribution in [0.4, 0.5) is 5.69 Å². The van der Waals surface area contributed by atoms with Crippen LogP contribution in [0.2, 0.25) is 5.02 Å². The highest BCUT2D eigenvalue weighted by molar-refractivity contribution is 7.89. The van der Waals surface area contributed by atoms with E-state index in [2.05, 4.69) is 10.6 Å². The zero-order chi connectivity index (χ0) is 13.9. The SMILES string of the molecule is NS(=O)(=O)c1ccc(Cl)c(NCC2CCNCC2)c1. The topological polar surface area (TPSA) is 84.2 Å². The summed E-state index contributed by atoms with van der Waals surface area (Å²) >= 11 is 6.05. The number of anilines is 1. The summed E-state index contributed by atoms with van der Waals surface area (Å²) in [6.07, 6.45) is 2.22. The average molecular weight is 304 g/mol. The van der Waals surface area contributed by atoms with Crippen molar-refractivity contribution in [3.8, 4) is 0 Å². The molecule has 19 heavy (non-hydrogen) atoms. The molecule has 1 heterocycles. The molecular formula is C12H18ClN3O2S. The minimum atomic E-state index is -3.69. The van der Waals surface area contributed by atoms with E-state index in [4.69, 9.17) is 16.7 Å². The number of halogens is 1. The summed E-state index contributed by atoms with van der Waals surface area (Å²) in [6.45, 7) is 2.84. The Morgan fingerprint density at radius 3 is 2.68 bits per heavy atom. The maximum atomic E-state index is 11.3. The zero-order valence-corrected chi connectivity index (χ0v) is 12.1. The third-order valence-electron chi connectivity index (χ3n) is 3.31. The maximum absolute atomic E-state index is 11.3. The second kappa shape index (κ2) is 6.09. The van der Waals surface area contributed by atoms with E-state index in [0.717, 1.165) is 32.5 Å². The molecule has 1 aromatic carbocycles. The lowest BCUT2D eigenvalue weighted by molar-refractivity contribution is 0.390. The molecule has 5 nitrogen and oxygen atoms in total. The van der Waals surface area contributed by atoms with Crippen LogP contribution in [0.3, 0.4) is 0 Å². The highest BCUT2D eigenvalue weighted by atomic mass is 35.5. The molecule has 1 aromatic rings. The van der Waals surface area contributed by atoms with Gasteiger partial charge in [0.05, 0.1) is 15.6 Å². The number of piperidine rings is 1. The van der Waals surface area contributed by atoms with Crippen LogP contribution in [0.5, 0.6) is 0 Å². The molecule has 7 heteroatoms. The van der Waals surface area contributed by atoms with Crippen LogP contribution in [-0.2, 0) is 10.0 Å². The molecule has 4 N–H and O–H groups in total. The van der Waals surface area contributed by atoms with Crippen molar-refractivity contribution in [3.05, 3.63) is 23.2 Å². The van der Waals surface area contributed by atoms with E-state index in [1.165, 1.54) is 12.1 Å². The number of rotatable bonds is 4. The Morgan fingerprint density at radius 2 is 2.05 bits per heavy atom. The minimum absolute atomic E-state index is 0.0738. The van der Waals surface area contributed by atoms with Crippen molar-refractivity contribution in [1.82, 2.24) is 5.32 Å². The van der Waals surface area contributed by atoms with E-state index in [-0.39, 0.29) is 4.90 Å². The monoisotopic (exact) mass is 303 g/mol. The molecule has 0 amide bonds. The predicted octanol–water partition coefficient (Wildman–Crippen LogP) is 1.40. The number of sulfonamides is 1. The first-order valence-corrected chi connectivity index (χ1v) is 8.16. The molecule has 1 fully saturated rings. The Morgan fingerprint density at radius 1 is 1.37 bits per heavy atom. The highest BCUT2D eigenvalue weighted by Gasteiger charge is 2.14. The Kier molecular flexibility index (Phi) is 4.67. The lowest BCUT2D eigenvalue weighted by atomic mass is 9.98. The molecule has 0 atom stereocenters. The van der Waals surface area contributed by atoms with Crippen LogP contribution < -0.4 is 15.8 Å². The molecule has 106 valence electrons. The standard InChI is InChI=1S/C12H18ClN3O2S/c13-11-2-1-10(19(14,17)18)7-12(11)16-8-9-3-5-15-6-4-9/h1-2,7,9,15-16H,3-6,8H2,(H2,14,17,18). The smallest absolute Gasteiger partial charge is 0.238 e. The van der Waals surface area contributed by atoms with Crippen molar-refractivity contribution >= 4 is 27.3 Å². The number of nitrogens with two attached hydrogens (primary N) is 1. The van der Waals surface area contributed by atoms with Gasteiger partial charge in [-0.05, 0) is 50.0 Å². The highest BCUT2D eigenvalue weighted by Crippen LogP contribution is 2.25. The maximum Gasteiger partial charge on any atom is 0.238 e. The molecule has 0 aromatic heterocycles. The summed E-state index contributed by atoms with van der Waals surface area (Å²) in [5, 5.41) is 12.1. The summed E-state index contributed by atoms with van der Waals surface area (Å²) < 4.78 is 22.6. The molecule has 0 unspecified atom stereocenters. The van der Waals surface area contributed by atoms with Gasteiger partial charge in [-0.2, -0.15) is 0 Å². The van der Waals surface area contributed by atoms with E-state index in [0.29, 0.717) is 16.6 Å². The molecule has 1 saturated heterocycles. The van der Waals surface area contributed by atoms with E-state index >= 15 is 0 Å². The van der Waals surface area contributed by atoms with Gasteiger partial charge in [-0.15, -0.1) is 0 Å². The summed E-state index contributed by atoms with van der Waals surface area (Å²) in [4.78, 5) is 0.0738. The van der Waals surface area contributed by atoms with Crippen molar-refractivity contribution in [2.75, 3.05) is 25.0 Å². The summed E-state index contributed by atoms with van der Waals surface area (Å²) in [5.74, 6) is 0.579. The molecule has 1 aliphatic heterocycles. The average Bonchev–Trinajstić information content (AvgIpc) is 2.37. The molecule has 0 spiro atoms. The normalized spacial score (nSPS) is 17.4. The first-order valence-electron chi connectivity index (χ1n) is 6.24. The van der Waals surface area contributed by atoms with E-state index < -0.39 is 10.0 Å². The summed E-state index contributed by atoms with van der Waals surface area (Å²) in [6, 6.07) is 4.44. The minimum Gasteiger partial charge on any atom is -0.384 e. The van der Waals surface area contributed by atoms with Crippen LogP contribution in [-0.4, -0.2) is 28.1 Å². The van der Waals surface area contributed by atoms with Crippen molar-refractivity contribution in [2.45, 2.75) is 17.7 Å². The van der Waals surface area contributed by atoms with Crippen molar-refractivity contribution in [1.29, 1.82) is 0 Å². The van der Waals surface area contributed by atoms with Crippen LogP contribution in [0.15, 0.2) is 23.1 Å².